The van der Waals surface area contributed by atoms with Gasteiger partial charge in [-0.2, -0.15) is 0 Å². The zero-order valence-electron chi connectivity index (χ0n) is 7.00. The van der Waals surface area contributed by atoms with Crippen LogP contribution >= 0.6 is 27.5 Å². The Bertz CT molecular complexity index is 470. The predicted octanol–water partition coefficient (Wildman–Crippen LogP) is 3.34. The molecule has 0 saturated carbocycles. The van der Waals surface area contributed by atoms with Crippen molar-refractivity contribution in [2.24, 2.45) is 0 Å². The van der Waals surface area contributed by atoms with Crippen LogP contribution in [-0.2, 0) is 0 Å². The van der Waals surface area contributed by atoms with Gasteiger partial charge in [-0.15, -0.1) is 0 Å². The maximum Gasteiger partial charge on any atom is 0.230 e. The molecule has 0 aliphatic rings. The SMILES string of the molecule is Nc1oncc1-c1cc(Br)ccc1Cl. The van der Waals surface area contributed by atoms with E-state index >= 15 is 0 Å². The van der Waals surface area contributed by atoms with Crippen LogP contribution in [0.5, 0.6) is 0 Å². The van der Waals surface area contributed by atoms with Gasteiger partial charge in [-0.3, -0.25) is 0 Å². The van der Waals surface area contributed by atoms with Crippen molar-refractivity contribution in [1.29, 1.82) is 0 Å². The van der Waals surface area contributed by atoms with Gasteiger partial charge in [0.05, 0.1) is 11.8 Å². The average Bonchev–Trinajstić information content (AvgIpc) is 2.56. The second-order valence-electron chi connectivity index (χ2n) is 2.73. The molecule has 14 heavy (non-hydrogen) atoms. The molecule has 0 spiro atoms. The normalized spacial score (nSPS) is 10.4. The lowest BCUT2D eigenvalue weighted by molar-refractivity contribution is 0.436. The first-order valence-corrected chi connectivity index (χ1v) is 5.01. The Balaban J connectivity index is 2.62. The van der Waals surface area contributed by atoms with Crippen molar-refractivity contribution in [3.63, 3.8) is 0 Å². The minimum absolute atomic E-state index is 0.269. The number of hydrogen-bond acceptors (Lipinski definition) is 3. The summed E-state index contributed by atoms with van der Waals surface area (Å²) in [6.07, 6.45) is 1.54. The van der Waals surface area contributed by atoms with E-state index in [1.54, 1.807) is 12.3 Å². The molecule has 0 aliphatic heterocycles. The summed E-state index contributed by atoms with van der Waals surface area (Å²) in [6, 6.07) is 5.51. The zero-order valence-corrected chi connectivity index (χ0v) is 9.34. The Morgan fingerprint density at radius 2 is 2.14 bits per heavy atom. The number of halogens is 2. The van der Waals surface area contributed by atoms with Crippen LogP contribution in [0.3, 0.4) is 0 Å². The highest BCUT2D eigenvalue weighted by Crippen LogP contribution is 2.33. The summed E-state index contributed by atoms with van der Waals surface area (Å²) < 4.78 is 5.70. The molecule has 72 valence electrons. The summed E-state index contributed by atoms with van der Waals surface area (Å²) in [5.41, 5.74) is 7.10. The lowest BCUT2D eigenvalue weighted by Gasteiger charge is -2.01. The summed E-state index contributed by atoms with van der Waals surface area (Å²) in [5, 5.41) is 4.21. The molecule has 1 heterocycles. The van der Waals surface area contributed by atoms with Crippen molar-refractivity contribution < 1.29 is 4.52 Å². The fourth-order valence-corrected chi connectivity index (χ4v) is 1.74. The van der Waals surface area contributed by atoms with Crippen molar-refractivity contribution >= 4 is 33.4 Å². The summed E-state index contributed by atoms with van der Waals surface area (Å²) in [7, 11) is 0. The van der Waals surface area contributed by atoms with Crippen LogP contribution in [0.15, 0.2) is 33.4 Å². The summed E-state index contributed by atoms with van der Waals surface area (Å²) in [6.45, 7) is 0. The van der Waals surface area contributed by atoms with Crippen LogP contribution in [0.25, 0.3) is 11.1 Å². The van der Waals surface area contributed by atoms with Crippen LogP contribution in [0.2, 0.25) is 5.02 Å². The number of aromatic nitrogens is 1. The molecule has 2 aromatic rings. The number of nitrogen functional groups attached to an aromatic ring is 1. The number of nitrogens with zero attached hydrogens (tertiary/aromatic N) is 1. The van der Waals surface area contributed by atoms with Crippen molar-refractivity contribution in [2.75, 3.05) is 5.73 Å². The van der Waals surface area contributed by atoms with Crippen LogP contribution in [0.4, 0.5) is 5.88 Å². The summed E-state index contributed by atoms with van der Waals surface area (Å²) in [5.74, 6) is 0.269. The number of anilines is 1. The molecular weight excluding hydrogens is 267 g/mol. The Morgan fingerprint density at radius 3 is 2.79 bits per heavy atom. The Labute approximate surface area is 94.0 Å². The van der Waals surface area contributed by atoms with Gasteiger partial charge in [0.2, 0.25) is 5.88 Å². The van der Waals surface area contributed by atoms with E-state index in [0.717, 1.165) is 10.0 Å². The molecule has 0 radical (unpaired) electrons. The van der Waals surface area contributed by atoms with Gasteiger partial charge in [0, 0.05) is 15.1 Å². The molecule has 0 bridgehead atoms. The van der Waals surface area contributed by atoms with Crippen LogP contribution in [0, 0.1) is 0 Å². The van der Waals surface area contributed by atoms with Crippen LogP contribution in [-0.4, -0.2) is 5.16 Å². The molecule has 0 unspecified atom stereocenters. The smallest absolute Gasteiger partial charge is 0.230 e. The monoisotopic (exact) mass is 272 g/mol. The molecule has 0 fully saturated rings. The highest BCUT2D eigenvalue weighted by Gasteiger charge is 2.10. The van der Waals surface area contributed by atoms with Crippen LogP contribution in [0.1, 0.15) is 0 Å². The first kappa shape index (κ1) is 9.55. The molecule has 0 atom stereocenters. The van der Waals surface area contributed by atoms with Gasteiger partial charge in [-0.25, -0.2) is 0 Å². The van der Waals surface area contributed by atoms with E-state index in [0.29, 0.717) is 10.6 Å². The summed E-state index contributed by atoms with van der Waals surface area (Å²) in [4.78, 5) is 0. The standard InChI is InChI=1S/C9H6BrClN2O/c10-5-1-2-8(11)6(3-5)7-4-13-14-9(7)12/h1-4H,12H2. The molecule has 0 aliphatic carbocycles. The molecule has 0 amide bonds. The van der Waals surface area contributed by atoms with Crippen molar-refractivity contribution in [1.82, 2.24) is 5.16 Å². The fraction of sp³-hybridized carbons (Fsp3) is 0. The van der Waals surface area contributed by atoms with E-state index in [-0.39, 0.29) is 5.88 Å². The largest absolute Gasteiger partial charge is 0.367 e. The quantitative estimate of drug-likeness (QED) is 0.867. The van der Waals surface area contributed by atoms with E-state index in [2.05, 4.69) is 21.1 Å². The minimum atomic E-state index is 0.269. The highest BCUT2D eigenvalue weighted by atomic mass is 79.9. The molecule has 2 N–H and O–H groups in total. The first-order chi connectivity index (χ1) is 6.68. The third-order valence-electron chi connectivity index (χ3n) is 1.82. The molecule has 0 saturated heterocycles. The van der Waals surface area contributed by atoms with Gasteiger partial charge in [0.1, 0.15) is 0 Å². The van der Waals surface area contributed by atoms with E-state index in [1.807, 2.05) is 12.1 Å². The number of rotatable bonds is 1. The topological polar surface area (TPSA) is 52.0 Å². The maximum atomic E-state index is 6.01. The second kappa shape index (κ2) is 3.63. The van der Waals surface area contributed by atoms with E-state index in [9.17, 15) is 0 Å². The first-order valence-electron chi connectivity index (χ1n) is 3.84. The van der Waals surface area contributed by atoms with E-state index in [1.165, 1.54) is 0 Å². The van der Waals surface area contributed by atoms with Gasteiger partial charge in [-0.1, -0.05) is 32.7 Å². The zero-order chi connectivity index (χ0) is 10.1. The fourth-order valence-electron chi connectivity index (χ4n) is 1.15. The molecule has 2 rings (SSSR count). The van der Waals surface area contributed by atoms with E-state index < -0.39 is 0 Å². The Hall–Kier alpha value is -1.000. The molecular formula is C9H6BrClN2O. The van der Waals surface area contributed by atoms with Crippen molar-refractivity contribution in [3.8, 4) is 11.1 Å². The highest BCUT2D eigenvalue weighted by molar-refractivity contribution is 9.10. The summed E-state index contributed by atoms with van der Waals surface area (Å²) >= 11 is 9.37. The van der Waals surface area contributed by atoms with Gasteiger partial charge in [0.25, 0.3) is 0 Å². The molecule has 5 heteroatoms. The second-order valence-corrected chi connectivity index (χ2v) is 4.05. The van der Waals surface area contributed by atoms with Gasteiger partial charge in [-0.05, 0) is 18.2 Å². The minimum Gasteiger partial charge on any atom is -0.367 e. The van der Waals surface area contributed by atoms with Crippen LogP contribution < -0.4 is 5.73 Å². The third-order valence-corrected chi connectivity index (χ3v) is 2.64. The lowest BCUT2D eigenvalue weighted by Crippen LogP contribution is -1.85. The van der Waals surface area contributed by atoms with Crippen molar-refractivity contribution in [2.45, 2.75) is 0 Å². The number of benzene rings is 1. The predicted molar refractivity (Wildman–Crippen MR) is 59.1 cm³/mol. The number of hydrogen-bond donors (Lipinski definition) is 1. The third kappa shape index (κ3) is 1.63. The van der Waals surface area contributed by atoms with Gasteiger partial charge in [0.15, 0.2) is 0 Å². The Kier molecular flexibility index (Phi) is 2.48. The number of nitrogens with two attached hydrogens (primary N) is 1. The lowest BCUT2D eigenvalue weighted by atomic mass is 10.1. The van der Waals surface area contributed by atoms with E-state index in [4.69, 9.17) is 21.9 Å². The molecule has 1 aromatic carbocycles. The van der Waals surface area contributed by atoms with Gasteiger partial charge < -0.3 is 10.3 Å². The van der Waals surface area contributed by atoms with Gasteiger partial charge >= 0.3 is 0 Å². The molecule has 1 aromatic heterocycles. The maximum absolute atomic E-state index is 6.01. The average molecular weight is 274 g/mol. The van der Waals surface area contributed by atoms with Crippen molar-refractivity contribution in [3.05, 3.63) is 33.9 Å². The Morgan fingerprint density at radius 1 is 1.36 bits per heavy atom. The molecule has 3 nitrogen and oxygen atoms in total.